The fourth-order valence-corrected chi connectivity index (χ4v) is 6.74. The van der Waals surface area contributed by atoms with E-state index in [2.05, 4.69) is 15.0 Å². The normalized spacial score (nSPS) is 17.3. The van der Waals surface area contributed by atoms with Gasteiger partial charge in [-0.2, -0.15) is 4.31 Å². The number of nitrogens with zero attached hydrogens (tertiary/aromatic N) is 5. The molecule has 1 fully saturated rings. The van der Waals surface area contributed by atoms with Crippen LogP contribution in [0.4, 0.5) is 4.39 Å². The monoisotopic (exact) mass is 477 g/mol. The molecule has 0 atom stereocenters. The van der Waals surface area contributed by atoms with Crippen LogP contribution in [0.25, 0.3) is 22.6 Å². The number of halogens is 1. The Bertz CT molecular complexity index is 1490. The lowest BCUT2D eigenvalue weighted by atomic mass is 10.1. The lowest BCUT2D eigenvalue weighted by molar-refractivity contribution is 0.278. The molecule has 174 valence electrons. The summed E-state index contributed by atoms with van der Waals surface area (Å²) in [6.45, 7) is 0.768. The van der Waals surface area contributed by atoms with Gasteiger partial charge in [0.15, 0.2) is 11.5 Å². The molecule has 3 aromatic heterocycles. The third kappa shape index (κ3) is 3.50. The molecule has 4 heterocycles. The van der Waals surface area contributed by atoms with Gasteiger partial charge in [-0.15, -0.1) is 0 Å². The minimum absolute atomic E-state index is 0.0473. The minimum Gasteiger partial charge on any atom is -0.305 e. The Morgan fingerprint density at radius 3 is 2.65 bits per heavy atom. The Balaban J connectivity index is 1.31. The van der Waals surface area contributed by atoms with Crippen molar-refractivity contribution in [2.75, 3.05) is 13.1 Å². The first-order valence-electron chi connectivity index (χ1n) is 11.6. The number of hydrogen-bond acceptors (Lipinski definition) is 5. The number of imidazole rings is 1. The van der Waals surface area contributed by atoms with Crippen LogP contribution in [-0.4, -0.2) is 45.3 Å². The van der Waals surface area contributed by atoms with Crippen molar-refractivity contribution >= 4 is 21.2 Å². The third-order valence-corrected chi connectivity index (χ3v) is 8.85. The maximum absolute atomic E-state index is 14.6. The average Bonchev–Trinajstić information content (AvgIpc) is 3.48. The molecule has 4 aromatic rings. The molecule has 0 bridgehead atoms. The quantitative estimate of drug-likeness (QED) is 0.441. The van der Waals surface area contributed by atoms with E-state index in [1.165, 1.54) is 11.8 Å². The van der Waals surface area contributed by atoms with E-state index in [1.54, 1.807) is 34.9 Å². The first-order valence-corrected chi connectivity index (χ1v) is 13.0. The molecule has 1 aromatic carbocycles. The Kier molecular flexibility index (Phi) is 5.18. The zero-order valence-electron chi connectivity index (χ0n) is 18.6. The van der Waals surface area contributed by atoms with Crippen LogP contribution in [0.1, 0.15) is 36.4 Å². The summed E-state index contributed by atoms with van der Waals surface area (Å²) in [5, 5.41) is 0. The first kappa shape index (κ1) is 21.4. The topological polar surface area (TPSA) is 81.0 Å². The molecule has 9 heteroatoms. The summed E-state index contributed by atoms with van der Waals surface area (Å²) in [4.78, 5) is 13.4. The van der Waals surface area contributed by atoms with Crippen molar-refractivity contribution in [1.82, 2.24) is 23.8 Å². The SMILES string of the molecule is O=S(=O)(c1ccc2c(c1)CCC2)N1CCC(n2c(-c3ccncc3F)nc3cccnc32)CC1. The van der Waals surface area contributed by atoms with Gasteiger partial charge in [-0.25, -0.2) is 22.8 Å². The Hall–Kier alpha value is -3.17. The summed E-state index contributed by atoms with van der Waals surface area (Å²) in [5.74, 6) is 0.0456. The van der Waals surface area contributed by atoms with Crippen molar-refractivity contribution in [3.63, 3.8) is 0 Å². The number of fused-ring (bicyclic) bond motifs is 2. The zero-order valence-corrected chi connectivity index (χ0v) is 19.4. The number of aryl methyl sites for hydroxylation is 2. The van der Waals surface area contributed by atoms with Crippen molar-refractivity contribution in [3.8, 4) is 11.4 Å². The van der Waals surface area contributed by atoms with Gasteiger partial charge in [-0.05, 0) is 73.6 Å². The average molecular weight is 478 g/mol. The van der Waals surface area contributed by atoms with Gasteiger partial charge in [-0.3, -0.25) is 4.98 Å². The minimum atomic E-state index is -3.56. The number of benzene rings is 1. The molecule has 1 saturated heterocycles. The van der Waals surface area contributed by atoms with Gasteiger partial charge in [0.2, 0.25) is 10.0 Å². The maximum Gasteiger partial charge on any atom is 0.243 e. The van der Waals surface area contributed by atoms with Crippen LogP contribution < -0.4 is 0 Å². The van der Waals surface area contributed by atoms with Crippen LogP contribution in [0.2, 0.25) is 0 Å². The van der Waals surface area contributed by atoms with Gasteiger partial charge in [0.25, 0.3) is 0 Å². The van der Waals surface area contributed by atoms with E-state index in [0.717, 1.165) is 24.8 Å². The molecule has 7 nitrogen and oxygen atoms in total. The molecule has 0 unspecified atom stereocenters. The van der Waals surface area contributed by atoms with Gasteiger partial charge >= 0.3 is 0 Å². The maximum atomic E-state index is 14.6. The standard InChI is InChI=1S/C25H24FN5O2S/c26-22-16-27-12-8-21(22)24-29-23-5-2-11-28-25(23)31(24)19-9-13-30(14-10-19)34(32,33)20-7-6-17-3-1-4-18(17)15-20/h2,5-8,11-12,15-16,19H,1,3-4,9-10,13-14H2. The second-order valence-corrected chi connectivity index (χ2v) is 10.9. The molecular formula is C25H24FN5O2S. The summed E-state index contributed by atoms with van der Waals surface area (Å²) in [6.07, 6.45) is 8.64. The summed E-state index contributed by atoms with van der Waals surface area (Å²) < 4.78 is 44.9. The van der Waals surface area contributed by atoms with Gasteiger partial charge < -0.3 is 4.57 Å². The number of piperidine rings is 1. The van der Waals surface area contributed by atoms with Gasteiger partial charge in [-0.1, -0.05) is 6.07 Å². The van der Waals surface area contributed by atoms with Gasteiger partial charge in [0.1, 0.15) is 11.3 Å². The summed E-state index contributed by atoms with van der Waals surface area (Å²) >= 11 is 0. The molecule has 2 aliphatic rings. The molecule has 0 radical (unpaired) electrons. The van der Waals surface area contributed by atoms with Gasteiger partial charge in [0.05, 0.1) is 16.7 Å². The predicted octanol–water partition coefficient (Wildman–Crippen LogP) is 4.15. The van der Waals surface area contributed by atoms with Crippen molar-refractivity contribution in [1.29, 1.82) is 0 Å². The number of hydrogen-bond donors (Lipinski definition) is 0. The van der Waals surface area contributed by atoms with Crippen LogP contribution in [0.3, 0.4) is 0 Å². The van der Waals surface area contributed by atoms with E-state index in [1.807, 2.05) is 22.8 Å². The van der Waals surface area contributed by atoms with Crippen LogP contribution in [0.5, 0.6) is 0 Å². The fourth-order valence-electron chi connectivity index (χ4n) is 5.22. The van der Waals surface area contributed by atoms with E-state index in [4.69, 9.17) is 0 Å². The Morgan fingerprint density at radius 2 is 1.82 bits per heavy atom. The Morgan fingerprint density at radius 1 is 1.00 bits per heavy atom. The third-order valence-electron chi connectivity index (χ3n) is 6.96. The van der Waals surface area contributed by atoms with E-state index < -0.39 is 15.8 Å². The zero-order chi connectivity index (χ0) is 23.3. The molecule has 6 rings (SSSR count). The number of sulfonamides is 1. The highest BCUT2D eigenvalue weighted by Gasteiger charge is 2.33. The van der Waals surface area contributed by atoms with E-state index in [-0.39, 0.29) is 6.04 Å². The molecule has 0 N–H and O–H groups in total. The largest absolute Gasteiger partial charge is 0.305 e. The molecular weight excluding hydrogens is 453 g/mol. The van der Waals surface area contributed by atoms with Crippen LogP contribution in [-0.2, 0) is 22.9 Å². The molecule has 0 saturated carbocycles. The van der Waals surface area contributed by atoms with E-state index in [9.17, 15) is 12.8 Å². The molecule has 1 aliphatic carbocycles. The van der Waals surface area contributed by atoms with Crippen molar-refractivity contribution < 1.29 is 12.8 Å². The highest BCUT2D eigenvalue weighted by atomic mass is 32.2. The van der Waals surface area contributed by atoms with Gasteiger partial charge in [0, 0.05) is 31.5 Å². The highest BCUT2D eigenvalue weighted by Crippen LogP contribution is 2.35. The first-order chi connectivity index (χ1) is 16.5. The van der Waals surface area contributed by atoms with Crippen molar-refractivity contribution in [2.24, 2.45) is 0 Å². The fraction of sp³-hybridized carbons (Fsp3) is 0.320. The van der Waals surface area contributed by atoms with E-state index in [0.29, 0.717) is 53.4 Å². The van der Waals surface area contributed by atoms with Crippen molar-refractivity contribution in [2.45, 2.75) is 43.0 Å². The van der Waals surface area contributed by atoms with E-state index >= 15 is 0 Å². The lowest BCUT2D eigenvalue weighted by Crippen LogP contribution is -2.39. The smallest absolute Gasteiger partial charge is 0.243 e. The number of rotatable bonds is 4. The summed E-state index contributed by atoms with van der Waals surface area (Å²) in [5.41, 5.74) is 4.13. The number of aromatic nitrogens is 4. The molecule has 0 amide bonds. The highest BCUT2D eigenvalue weighted by molar-refractivity contribution is 7.89. The Labute approximate surface area is 197 Å². The van der Waals surface area contributed by atoms with Crippen LogP contribution in [0, 0.1) is 5.82 Å². The lowest BCUT2D eigenvalue weighted by Gasteiger charge is -2.32. The number of pyridine rings is 2. The summed E-state index contributed by atoms with van der Waals surface area (Å²) in [6, 6.07) is 10.8. The second-order valence-electron chi connectivity index (χ2n) is 8.93. The summed E-state index contributed by atoms with van der Waals surface area (Å²) in [7, 11) is -3.56. The van der Waals surface area contributed by atoms with Crippen LogP contribution >= 0.6 is 0 Å². The predicted molar refractivity (Wildman–Crippen MR) is 126 cm³/mol. The molecule has 1 aliphatic heterocycles. The van der Waals surface area contributed by atoms with Crippen molar-refractivity contribution in [3.05, 3.63) is 71.9 Å². The molecule has 0 spiro atoms. The molecule has 34 heavy (non-hydrogen) atoms. The van der Waals surface area contributed by atoms with Crippen LogP contribution in [0.15, 0.2) is 59.9 Å². The second kappa shape index (κ2) is 8.25.